The summed E-state index contributed by atoms with van der Waals surface area (Å²) in [4.78, 5) is 14.5. The topological polar surface area (TPSA) is 20.3 Å². The van der Waals surface area contributed by atoms with Crippen molar-refractivity contribution < 1.29 is 4.79 Å². The van der Waals surface area contributed by atoms with Gasteiger partial charge in [-0.2, -0.15) is 0 Å². The Morgan fingerprint density at radius 3 is 2.47 bits per heavy atom. The highest BCUT2D eigenvalue weighted by Gasteiger charge is 2.20. The summed E-state index contributed by atoms with van der Waals surface area (Å²) in [6.45, 7) is 0. The summed E-state index contributed by atoms with van der Waals surface area (Å²) in [6.07, 6.45) is 2.64. The highest BCUT2D eigenvalue weighted by Crippen LogP contribution is 2.28. The van der Waals surface area contributed by atoms with Gasteiger partial charge in [-0.1, -0.05) is 48.5 Å². The van der Waals surface area contributed by atoms with Gasteiger partial charge in [-0.25, -0.2) is 0 Å². The summed E-state index contributed by atoms with van der Waals surface area (Å²) in [5, 5.41) is 0. The molecule has 1 heterocycles. The van der Waals surface area contributed by atoms with E-state index in [0.717, 1.165) is 11.1 Å². The molecule has 0 aromatic heterocycles. The lowest BCUT2D eigenvalue weighted by Crippen LogP contribution is -2.20. The average molecular weight is 249 g/mol. The molecular formula is C17H15NO. The number of hydrogen-bond acceptors (Lipinski definition) is 2. The SMILES string of the molecule is CN1C=C(C(=O)c2ccccc2)Cc2ccccc21. The number of rotatable bonds is 2. The standard InChI is InChI=1S/C17H15NO/c1-18-12-15(11-14-9-5-6-10-16(14)18)17(19)13-7-3-2-4-8-13/h2-10,12H,11H2,1H3. The first kappa shape index (κ1) is 11.7. The monoisotopic (exact) mass is 249 g/mol. The van der Waals surface area contributed by atoms with Gasteiger partial charge in [0.1, 0.15) is 0 Å². The number of carbonyl (C=O) groups excluding carboxylic acids is 1. The van der Waals surface area contributed by atoms with Crippen LogP contribution in [0.5, 0.6) is 0 Å². The zero-order valence-electron chi connectivity index (χ0n) is 10.8. The molecule has 0 aliphatic carbocycles. The molecule has 0 amide bonds. The zero-order chi connectivity index (χ0) is 13.2. The summed E-state index contributed by atoms with van der Waals surface area (Å²) in [5.41, 5.74) is 3.97. The number of fused-ring (bicyclic) bond motifs is 1. The number of ketones is 1. The molecule has 94 valence electrons. The molecule has 0 radical (unpaired) electrons. The van der Waals surface area contributed by atoms with E-state index in [9.17, 15) is 4.79 Å². The molecule has 2 aromatic rings. The van der Waals surface area contributed by atoms with E-state index in [1.165, 1.54) is 11.3 Å². The Morgan fingerprint density at radius 1 is 1.00 bits per heavy atom. The van der Waals surface area contributed by atoms with Crippen LogP contribution in [0, 0.1) is 0 Å². The second-order valence-corrected chi connectivity index (χ2v) is 4.77. The molecule has 19 heavy (non-hydrogen) atoms. The summed E-state index contributed by atoms with van der Waals surface area (Å²) in [5.74, 6) is 0.113. The zero-order valence-corrected chi connectivity index (χ0v) is 10.8. The molecule has 0 bridgehead atoms. The quantitative estimate of drug-likeness (QED) is 0.760. The fourth-order valence-corrected chi connectivity index (χ4v) is 2.47. The Bertz CT molecular complexity index is 643. The molecular weight excluding hydrogens is 234 g/mol. The summed E-state index contributed by atoms with van der Waals surface area (Å²) >= 11 is 0. The number of benzene rings is 2. The Labute approximate surface area is 113 Å². The van der Waals surface area contributed by atoms with Crippen molar-refractivity contribution in [1.82, 2.24) is 0 Å². The van der Waals surface area contributed by atoms with Crippen molar-refractivity contribution in [1.29, 1.82) is 0 Å². The number of hydrogen-bond donors (Lipinski definition) is 0. The third-order valence-corrected chi connectivity index (χ3v) is 3.43. The van der Waals surface area contributed by atoms with Crippen LogP contribution in [0.3, 0.4) is 0 Å². The number of para-hydroxylation sites is 1. The van der Waals surface area contributed by atoms with Crippen LogP contribution in [0.1, 0.15) is 15.9 Å². The highest BCUT2D eigenvalue weighted by atomic mass is 16.1. The molecule has 0 N–H and O–H groups in total. The van der Waals surface area contributed by atoms with E-state index < -0.39 is 0 Å². The third kappa shape index (κ3) is 2.17. The first-order valence-corrected chi connectivity index (χ1v) is 6.37. The second kappa shape index (κ2) is 4.73. The maximum absolute atomic E-state index is 12.5. The minimum Gasteiger partial charge on any atom is -0.350 e. The molecule has 0 atom stereocenters. The van der Waals surface area contributed by atoms with Crippen LogP contribution < -0.4 is 4.90 Å². The molecule has 0 unspecified atom stereocenters. The molecule has 0 fully saturated rings. The van der Waals surface area contributed by atoms with Crippen LogP contribution in [0.15, 0.2) is 66.4 Å². The summed E-state index contributed by atoms with van der Waals surface area (Å²) in [7, 11) is 1.98. The van der Waals surface area contributed by atoms with E-state index in [1.54, 1.807) is 0 Å². The first-order chi connectivity index (χ1) is 9.25. The molecule has 1 aliphatic heterocycles. The largest absolute Gasteiger partial charge is 0.350 e. The molecule has 3 rings (SSSR count). The van der Waals surface area contributed by atoms with Crippen molar-refractivity contribution >= 4 is 11.5 Å². The van der Waals surface area contributed by atoms with Gasteiger partial charge in [-0.05, 0) is 11.6 Å². The van der Waals surface area contributed by atoms with Crippen molar-refractivity contribution in [2.24, 2.45) is 0 Å². The van der Waals surface area contributed by atoms with E-state index in [0.29, 0.717) is 6.42 Å². The van der Waals surface area contributed by atoms with Gasteiger partial charge in [0.05, 0.1) is 0 Å². The van der Waals surface area contributed by atoms with Crippen molar-refractivity contribution in [2.75, 3.05) is 11.9 Å². The van der Waals surface area contributed by atoms with Gasteiger partial charge < -0.3 is 4.90 Å². The van der Waals surface area contributed by atoms with E-state index in [4.69, 9.17) is 0 Å². The maximum Gasteiger partial charge on any atom is 0.190 e. The van der Waals surface area contributed by atoms with Crippen LogP contribution in [0.4, 0.5) is 5.69 Å². The van der Waals surface area contributed by atoms with E-state index in [2.05, 4.69) is 12.1 Å². The average Bonchev–Trinajstić information content (AvgIpc) is 2.47. The lowest BCUT2D eigenvalue weighted by Gasteiger charge is -2.25. The lowest BCUT2D eigenvalue weighted by molar-refractivity contribution is 0.103. The predicted octanol–water partition coefficient (Wildman–Crippen LogP) is 3.45. The van der Waals surface area contributed by atoms with Crippen molar-refractivity contribution in [2.45, 2.75) is 6.42 Å². The molecule has 2 nitrogen and oxygen atoms in total. The Balaban J connectivity index is 1.94. The molecule has 2 aromatic carbocycles. The predicted molar refractivity (Wildman–Crippen MR) is 77.4 cm³/mol. The Morgan fingerprint density at radius 2 is 1.68 bits per heavy atom. The highest BCUT2D eigenvalue weighted by molar-refractivity contribution is 6.09. The summed E-state index contributed by atoms with van der Waals surface area (Å²) < 4.78 is 0. The van der Waals surface area contributed by atoms with E-state index in [1.807, 2.05) is 60.6 Å². The minimum atomic E-state index is 0.113. The van der Waals surface area contributed by atoms with Gasteiger partial charge in [0.25, 0.3) is 0 Å². The van der Waals surface area contributed by atoms with Gasteiger partial charge in [0.2, 0.25) is 0 Å². The van der Waals surface area contributed by atoms with Crippen molar-refractivity contribution in [3.05, 3.63) is 77.5 Å². The van der Waals surface area contributed by atoms with E-state index >= 15 is 0 Å². The van der Waals surface area contributed by atoms with Crippen molar-refractivity contribution in [3.63, 3.8) is 0 Å². The third-order valence-electron chi connectivity index (χ3n) is 3.43. The fraction of sp³-hybridized carbons (Fsp3) is 0.118. The van der Waals surface area contributed by atoms with Gasteiger partial charge in [0.15, 0.2) is 5.78 Å². The minimum absolute atomic E-state index is 0.113. The van der Waals surface area contributed by atoms with Crippen LogP contribution >= 0.6 is 0 Å². The number of allylic oxidation sites excluding steroid dienone is 1. The van der Waals surface area contributed by atoms with E-state index in [-0.39, 0.29) is 5.78 Å². The van der Waals surface area contributed by atoms with Crippen molar-refractivity contribution in [3.8, 4) is 0 Å². The maximum atomic E-state index is 12.5. The van der Waals surface area contributed by atoms with Gasteiger partial charge in [-0.3, -0.25) is 4.79 Å². The number of Topliss-reactive ketones (excluding diaryl/α,β-unsaturated/α-hetero) is 1. The first-order valence-electron chi connectivity index (χ1n) is 6.37. The molecule has 0 saturated carbocycles. The molecule has 1 aliphatic rings. The van der Waals surface area contributed by atoms with Crippen LogP contribution in [0.25, 0.3) is 0 Å². The number of nitrogens with zero attached hydrogens (tertiary/aromatic N) is 1. The smallest absolute Gasteiger partial charge is 0.190 e. The normalized spacial score (nSPS) is 13.7. The Hall–Kier alpha value is -2.35. The van der Waals surface area contributed by atoms with Crippen LogP contribution in [-0.2, 0) is 6.42 Å². The molecule has 2 heteroatoms. The van der Waals surface area contributed by atoms with Crippen LogP contribution in [-0.4, -0.2) is 12.8 Å². The van der Waals surface area contributed by atoms with Crippen LogP contribution in [0.2, 0.25) is 0 Å². The molecule has 0 saturated heterocycles. The fourth-order valence-electron chi connectivity index (χ4n) is 2.47. The Kier molecular flexibility index (Phi) is 2.92. The lowest BCUT2D eigenvalue weighted by atomic mass is 9.94. The summed E-state index contributed by atoms with van der Waals surface area (Å²) in [6, 6.07) is 17.6. The molecule has 0 spiro atoms. The second-order valence-electron chi connectivity index (χ2n) is 4.77. The van der Waals surface area contributed by atoms with Gasteiger partial charge in [0, 0.05) is 36.5 Å². The number of anilines is 1. The van der Waals surface area contributed by atoms with Gasteiger partial charge >= 0.3 is 0 Å². The number of carbonyl (C=O) groups is 1. The van der Waals surface area contributed by atoms with Gasteiger partial charge in [-0.15, -0.1) is 0 Å².